The van der Waals surface area contributed by atoms with Gasteiger partial charge in [-0.3, -0.25) is 20.4 Å². The largest absolute Gasteiger partial charge is 0.484 e. The highest BCUT2D eigenvalue weighted by atomic mass is 19.1. The number of hydrogen-bond donors (Lipinski definition) is 2. The predicted octanol–water partition coefficient (Wildman–Crippen LogP) is 2.47. The molecule has 2 amide bonds. The summed E-state index contributed by atoms with van der Waals surface area (Å²) in [5, 5.41) is 0. The molecule has 2 N–H and O–H groups in total. The Morgan fingerprint density at radius 3 is 2.38 bits per heavy atom. The van der Waals surface area contributed by atoms with Gasteiger partial charge in [0.1, 0.15) is 11.6 Å². The van der Waals surface area contributed by atoms with Gasteiger partial charge in [-0.05, 0) is 66.6 Å². The number of hydrogen-bond acceptors (Lipinski definition) is 3. The lowest BCUT2D eigenvalue weighted by Gasteiger charge is -2.16. The number of carbonyl (C=O) groups excluding carboxylic acids is 2. The summed E-state index contributed by atoms with van der Waals surface area (Å²) < 4.78 is 18.0. The second-order valence-corrected chi connectivity index (χ2v) is 6.33. The quantitative estimate of drug-likeness (QED) is 0.809. The molecule has 6 heteroatoms. The van der Waals surface area contributed by atoms with Crippen molar-refractivity contribution in [3.05, 3.63) is 65.0 Å². The topological polar surface area (TPSA) is 67.4 Å². The summed E-state index contributed by atoms with van der Waals surface area (Å²) in [5.41, 5.74) is 8.30. The van der Waals surface area contributed by atoms with Crippen molar-refractivity contribution in [3.63, 3.8) is 0 Å². The highest BCUT2D eigenvalue weighted by molar-refractivity contribution is 5.83. The first kappa shape index (κ1) is 17.9. The van der Waals surface area contributed by atoms with E-state index in [4.69, 9.17) is 4.74 Å². The zero-order valence-corrected chi connectivity index (χ0v) is 14.4. The molecule has 0 heterocycles. The number of rotatable bonds is 5. The Balaban J connectivity index is 1.42. The highest BCUT2D eigenvalue weighted by Crippen LogP contribution is 2.22. The molecule has 0 saturated heterocycles. The zero-order chi connectivity index (χ0) is 18.4. The normalized spacial score (nSPS) is 12.8. The Morgan fingerprint density at radius 2 is 1.62 bits per heavy atom. The van der Waals surface area contributed by atoms with Crippen LogP contribution in [0, 0.1) is 5.82 Å². The van der Waals surface area contributed by atoms with Crippen molar-refractivity contribution in [3.8, 4) is 5.75 Å². The van der Waals surface area contributed by atoms with Gasteiger partial charge in [0.25, 0.3) is 5.91 Å². The van der Waals surface area contributed by atoms with Crippen molar-refractivity contribution in [2.24, 2.45) is 0 Å². The standard InChI is InChI=1S/C20H21FN2O3/c21-17-7-9-18(10-8-17)26-13-20(25)23-22-19(24)12-14-5-6-15-3-1-2-4-16(15)11-14/h5-11H,1-4,12-13H2,(H,22,24)(H,23,25). The van der Waals surface area contributed by atoms with E-state index < -0.39 is 5.91 Å². The number of nitrogens with one attached hydrogen (secondary N) is 2. The van der Waals surface area contributed by atoms with Gasteiger partial charge in [0.15, 0.2) is 6.61 Å². The minimum absolute atomic E-state index is 0.201. The number of halogens is 1. The number of aryl methyl sites for hydroxylation is 2. The van der Waals surface area contributed by atoms with E-state index in [1.165, 1.54) is 48.2 Å². The van der Waals surface area contributed by atoms with Gasteiger partial charge in [0, 0.05) is 0 Å². The Kier molecular flexibility index (Phi) is 5.84. The first-order valence-corrected chi connectivity index (χ1v) is 8.67. The minimum atomic E-state index is -0.492. The number of fused-ring (bicyclic) bond motifs is 1. The molecule has 0 aliphatic heterocycles. The molecule has 0 bridgehead atoms. The molecule has 2 aromatic carbocycles. The summed E-state index contributed by atoms with van der Waals surface area (Å²) in [4.78, 5) is 23.7. The molecule has 1 aliphatic carbocycles. The fraction of sp³-hybridized carbons (Fsp3) is 0.300. The van der Waals surface area contributed by atoms with E-state index in [2.05, 4.69) is 23.0 Å². The van der Waals surface area contributed by atoms with E-state index in [9.17, 15) is 14.0 Å². The molecular weight excluding hydrogens is 335 g/mol. The highest BCUT2D eigenvalue weighted by Gasteiger charge is 2.11. The molecule has 5 nitrogen and oxygen atoms in total. The van der Waals surface area contributed by atoms with Crippen LogP contribution in [0.1, 0.15) is 29.5 Å². The number of ether oxygens (including phenoxy) is 1. The predicted molar refractivity (Wildman–Crippen MR) is 95.0 cm³/mol. The number of hydrazine groups is 1. The first-order chi connectivity index (χ1) is 12.6. The van der Waals surface area contributed by atoms with Crippen molar-refractivity contribution in [2.45, 2.75) is 32.1 Å². The summed E-state index contributed by atoms with van der Waals surface area (Å²) in [6, 6.07) is 11.5. The second-order valence-electron chi connectivity index (χ2n) is 6.33. The van der Waals surface area contributed by atoms with E-state index in [-0.39, 0.29) is 24.8 Å². The van der Waals surface area contributed by atoms with Gasteiger partial charge in [-0.2, -0.15) is 0 Å². The van der Waals surface area contributed by atoms with Crippen molar-refractivity contribution in [2.75, 3.05) is 6.61 Å². The van der Waals surface area contributed by atoms with Crippen LogP contribution in [0.25, 0.3) is 0 Å². The van der Waals surface area contributed by atoms with Crippen LogP contribution in [-0.2, 0) is 28.9 Å². The molecule has 136 valence electrons. The zero-order valence-electron chi connectivity index (χ0n) is 14.4. The summed E-state index contributed by atoms with van der Waals surface area (Å²) >= 11 is 0. The van der Waals surface area contributed by atoms with E-state index in [1.807, 2.05) is 6.07 Å². The van der Waals surface area contributed by atoms with Crippen LogP contribution in [0.3, 0.4) is 0 Å². The van der Waals surface area contributed by atoms with Crippen molar-refractivity contribution < 1.29 is 18.7 Å². The summed E-state index contributed by atoms with van der Waals surface area (Å²) in [6.45, 7) is -0.273. The van der Waals surface area contributed by atoms with Crippen LogP contribution in [0.4, 0.5) is 4.39 Å². The van der Waals surface area contributed by atoms with Gasteiger partial charge in [-0.15, -0.1) is 0 Å². The third-order valence-electron chi connectivity index (χ3n) is 4.30. The van der Waals surface area contributed by atoms with Gasteiger partial charge in [-0.25, -0.2) is 4.39 Å². The SMILES string of the molecule is O=C(COc1ccc(F)cc1)NNC(=O)Cc1ccc2c(c1)CCCC2. The van der Waals surface area contributed by atoms with Crippen molar-refractivity contribution in [1.82, 2.24) is 10.9 Å². The van der Waals surface area contributed by atoms with Crippen LogP contribution in [0.15, 0.2) is 42.5 Å². The van der Waals surface area contributed by atoms with Crippen LogP contribution in [0.2, 0.25) is 0 Å². The van der Waals surface area contributed by atoms with Crippen LogP contribution in [-0.4, -0.2) is 18.4 Å². The third kappa shape index (κ3) is 5.05. The van der Waals surface area contributed by atoms with Gasteiger partial charge in [0.05, 0.1) is 6.42 Å². The van der Waals surface area contributed by atoms with Gasteiger partial charge < -0.3 is 4.74 Å². The van der Waals surface area contributed by atoms with E-state index in [0.717, 1.165) is 18.4 Å². The molecule has 0 spiro atoms. The lowest BCUT2D eigenvalue weighted by atomic mass is 9.90. The molecule has 26 heavy (non-hydrogen) atoms. The summed E-state index contributed by atoms with van der Waals surface area (Å²) in [7, 11) is 0. The van der Waals surface area contributed by atoms with Crippen LogP contribution in [0.5, 0.6) is 5.75 Å². The molecule has 0 aromatic heterocycles. The average molecular weight is 356 g/mol. The average Bonchev–Trinajstić information content (AvgIpc) is 2.66. The fourth-order valence-corrected chi connectivity index (χ4v) is 2.98. The molecule has 0 saturated carbocycles. The molecule has 1 aliphatic rings. The summed E-state index contributed by atoms with van der Waals surface area (Å²) in [6.07, 6.45) is 4.77. The van der Waals surface area contributed by atoms with Crippen molar-refractivity contribution in [1.29, 1.82) is 0 Å². The Morgan fingerprint density at radius 1 is 0.923 bits per heavy atom. The Hall–Kier alpha value is -2.89. The number of benzene rings is 2. The Bertz CT molecular complexity index is 790. The fourth-order valence-electron chi connectivity index (χ4n) is 2.98. The molecule has 0 radical (unpaired) electrons. The van der Waals surface area contributed by atoms with Crippen LogP contribution >= 0.6 is 0 Å². The lowest BCUT2D eigenvalue weighted by molar-refractivity contribution is -0.129. The van der Waals surface area contributed by atoms with E-state index in [1.54, 1.807) is 0 Å². The van der Waals surface area contributed by atoms with E-state index >= 15 is 0 Å². The lowest BCUT2D eigenvalue weighted by Crippen LogP contribution is -2.44. The maximum atomic E-state index is 12.8. The molecule has 2 aromatic rings. The Labute approximate surface area is 151 Å². The van der Waals surface area contributed by atoms with E-state index in [0.29, 0.717) is 5.75 Å². The maximum absolute atomic E-state index is 12.8. The maximum Gasteiger partial charge on any atom is 0.276 e. The third-order valence-corrected chi connectivity index (χ3v) is 4.30. The molecule has 0 atom stereocenters. The second kappa shape index (κ2) is 8.47. The van der Waals surface area contributed by atoms with Crippen LogP contribution < -0.4 is 15.6 Å². The first-order valence-electron chi connectivity index (χ1n) is 8.67. The van der Waals surface area contributed by atoms with Gasteiger partial charge in [0.2, 0.25) is 5.91 Å². The van der Waals surface area contributed by atoms with Gasteiger partial charge >= 0.3 is 0 Å². The molecule has 0 unspecified atom stereocenters. The number of amides is 2. The summed E-state index contributed by atoms with van der Waals surface area (Å²) in [5.74, 6) is -0.790. The molecule has 3 rings (SSSR count). The van der Waals surface area contributed by atoms with Crippen molar-refractivity contribution >= 4 is 11.8 Å². The minimum Gasteiger partial charge on any atom is -0.484 e. The smallest absolute Gasteiger partial charge is 0.276 e. The molecule has 0 fully saturated rings. The molecular formula is C20H21FN2O3. The van der Waals surface area contributed by atoms with Gasteiger partial charge in [-0.1, -0.05) is 18.2 Å². The number of carbonyl (C=O) groups is 2. The monoisotopic (exact) mass is 356 g/mol.